The lowest BCUT2D eigenvalue weighted by Gasteiger charge is -2.13. The first-order valence-electron chi connectivity index (χ1n) is 9.26. The van der Waals surface area contributed by atoms with Crippen molar-refractivity contribution in [2.45, 2.75) is 19.8 Å². The van der Waals surface area contributed by atoms with E-state index in [0.717, 1.165) is 30.5 Å². The van der Waals surface area contributed by atoms with Gasteiger partial charge in [-0.15, -0.1) is 5.73 Å². The van der Waals surface area contributed by atoms with Gasteiger partial charge >= 0.3 is 6.03 Å². The number of rotatable bonds is 9. The highest BCUT2D eigenvalue weighted by molar-refractivity contribution is 5.90. The summed E-state index contributed by atoms with van der Waals surface area (Å²) in [5.74, 6) is 0.201. The van der Waals surface area contributed by atoms with Gasteiger partial charge in [-0.3, -0.25) is 4.79 Å². The molecule has 1 heterocycles. The first kappa shape index (κ1) is 21.6. The van der Waals surface area contributed by atoms with Crippen molar-refractivity contribution in [2.24, 2.45) is 22.4 Å². The number of aliphatic imine (C=N–C) groups is 1. The SMILES string of the molecule is CC(=O)NCCCCNc1ncc(C2=CC(CNC(=O)N=C(N)N)C=C=C2)cn1. The van der Waals surface area contributed by atoms with Crippen molar-refractivity contribution in [3.05, 3.63) is 41.9 Å². The first-order chi connectivity index (χ1) is 13.9. The van der Waals surface area contributed by atoms with E-state index >= 15 is 0 Å². The van der Waals surface area contributed by atoms with Crippen molar-refractivity contribution in [3.8, 4) is 0 Å². The summed E-state index contributed by atoms with van der Waals surface area (Å²) < 4.78 is 0. The lowest BCUT2D eigenvalue weighted by Crippen LogP contribution is -2.30. The number of carbonyl (C=O) groups is 2. The second-order valence-electron chi connectivity index (χ2n) is 6.40. The van der Waals surface area contributed by atoms with Crippen LogP contribution in [-0.4, -0.2) is 47.5 Å². The maximum atomic E-state index is 11.5. The predicted molar refractivity (Wildman–Crippen MR) is 112 cm³/mol. The second-order valence-corrected chi connectivity index (χ2v) is 6.40. The Morgan fingerprint density at radius 2 is 1.90 bits per heavy atom. The minimum atomic E-state index is -0.585. The van der Waals surface area contributed by atoms with Gasteiger partial charge in [0.2, 0.25) is 11.9 Å². The molecule has 3 amide bonds. The van der Waals surface area contributed by atoms with Crippen LogP contribution < -0.4 is 27.4 Å². The molecule has 0 radical (unpaired) electrons. The van der Waals surface area contributed by atoms with Crippen molar-refractivity contribution in [3.63, 3.8) is 0 Å². The Bertz CT molecular complexity index is 834. The molecule has 0 spiro atoms. The van der Waals surface area contributed by atoms with Gasteiger partial charge in [0.05, 0.1) is 0 Å². The molecule has 154 valence electrons. The van der Waals surface area contributed by atoms with E-state index in [2.05, 4.69) is 36.6 Å². The zero-order chi connectivity index (χ0) is 21.1. The van der Waals surface area contributed by atoms with Gasteiger partial charge in [-0.05, 0) is 30.6 Å². The van der Waals surface area contributed by atoms with Crippen molar-refractivity contribution < 1.29 is 9.59 Å². The van der Waals surface area contributed by atoms with Gasteiger partial charge in [-0.1, -0.05) is 6.08 Å². The Morgan fingerprint density at radius 1 is 1.17 bits per heavy atom. The normalized spacial score (nSPS) is 14.7. The zero-order valence-corrected chi connectivity index (χ0v) is 16.3. The highest BCUT2D eigenvalue weighted by Gasteiger charge is 2.10. The summed E-state index contributed by atoms with van der Waals surface area (Å²) in [7, 11) is 0. The number of hydrogen-bond donors (Lipinski definition) is 5. The molecular formula is C19H26N8O2. The standard InChI is InChI=1S/C19H26N8O2/c1-13(28)22-7-2-3-8-23-18-24-11-16(12-25-18)15-6-4-5-14(9-15)10-26-19(29)27-17(20)21/h5-6,9,11-12,14H,2-3,7-8,10H2,1H3,(H,22,28)(H,23,24,25)(H5,20,21,26,27,29). The van der Waals surface area contributed by atoms with Gasteiger partial charge in [-0.25, -0.2) is 14.8 Å². The number of unbranched alkanes of at least 4 members (excludes halogenated alkanes) is 1. The summed E-state index contributed by atoms with van der Waals surface area (Å²) >= 11 is 0. The molecule has 0 aliphatic heterocycles. The first-order valence-corrected chi connectivity index (χ1v) is 9.26. The molecule has 1 aromatic heterocycles. The lowest BCUT2D eigenvalue weighted by atomic mass is 9.98. The summed E-state index contributed by atoms with van der Waals surface area (Å²) in [5.41, 5.74) is 15.2. The molecule has 0 bridgehead atoms. The van der Waals surface area contributed by atoms with Crippen molar-refractivity contribution in [1.82, 2.24) is 20.6 Å². The minimum absolute atomic E-state index is 0.0174. The monoisotopic (exact) mass is 398 g/mol. The molecule has 29 heavy (non-hydrogen) atoms. The Kier molecular flexibility index (Phi) is 8.40. The number of nitrogens with one attached hydrogen (secondary N) is 3. The molecule has 1 aliphatic carbocycles. The van der Waals surface area contributed by atoms with Crippen LogP contribution in [0.3, 0.4) is 0 Å². The molecule has 1 aliphatic rings. The van der Waals surface area contributed by atoms with Crippen LogP contribution in [0, 0.1) is 5.92 Å². The van der Waals surface area contributed by atoms with Crippen molar-refractivity contribution in [1.29, 1.82) is 0 Å². The number of aromatic nitrogens is 2. The van der Waals surface area contributed by atoms with Gasteiger partial charge < -0.3 is 27.4 Å². The molecular weight excluding hydrogens is 372 g/mol. The van der Waals surface area contributed by atoms with E-state index < -0.39 is 6.03 Å². The summed E-state index contributed by atoms with van der Waals surface area (Å²) in [6.45, 7) is 3.24. The van der Waals surface area contributed by atoms with Gasteiger partial charge in [0.1, 0.15) is 0 Å². The molecule has 1 unspecified atom stereocenters. The number of allylic oxidation sites excluding steroid dienone is 1. The van der Waals surface area contributed by atoms with Crippen molar-refractivity contribution in [2.75, 3.05) is 25.0 Å². The minimum Gasteiger partial charge on any atom is -0.370 e. The fraction of sp³-hybridized carbons (Fsp3) is 0.368. The van der Waals surface area contributed by atoms with E-state index in [-0.39, 0.29) is 17.8 Å². The number of anilines is 1. The zero-order valence-electron chi connectivity index (χ0n) is 16.3. The Morgan fingerprint density at radius 3 is 2.59 bits per heavy atom. The third-order valence-corrected chi connectivity index (χ3v) is 3.91. The molecule has 0 saturated carbocycles. The van der Waals surface area contributed by atoms with Crippen LogP contribution in [-0.2, 0) is 4.79 Å². The number of carbonyl (C=O) groups excluding carboxylic acids is 2. The van der Waals surface area contributed by atoms with E-state index in [1.165, 1.54) is 6.92 Å². The van der Waals surface area contributed by atoms with Gasteiger partial charge in [0.25, 0.3) is 0 Å². The molecule has 0 aromatic carbocycles. The number of nitrogens with zero attached hydrogens (tertiary/aromatic N) is 3. The number of amides is 3. The number of nitrogens with two attached hydrogens (primary N) is 2. The third-order valence-electron chi connectivity index (χ3n) is 3.91. The molecule has 10 heteroatoms. The Labute approximate surface area is 169 Å². The van der Waals surface area contributed by atoms with Gasteiger partial charge in [-0.2, -0.15) is 4.99 Å². The van der Waals surface area contributed by atoms with Gasteiger partial charge in [0.15, 0.2) is 5.96 Å². The lowest BCUT2D eigenvalue weighted by molar-refractivity contribution is -0.118. The summed E-state index contributed by atoms with van der Waals surface area (Å²) in [5, 5.41) is 8.54. The fourth-order valence-electron chi connectivity index (χ4n) is 2.53. The smallest absolute Gasteiger partial charge is 0.344 e. The van der Waals surface area contributed by atoms with E-state index in [1.807, 2.05) is 18.2 Å². The molecule has 7 N–H and O–H groups in total. The maximum Gasteiger partial charge on any atom is 0.344 e. The largest absolute Gasteiger partial charge is 0.370 e. The third kappa shape index (κ3) is 8.27. The number of hydrogen-bond acceptors (Lipinski definition) is 5. The van der Waals surface area contributed by atoms with E-state index in [9.17, 15) is 9.59 Å². The average Bonchev–Trinajstić information content (AvgIpc) is 2.69. The van der Waals surface area contributed by atoms with Crippen LogP contribution in [0.2, 0.25) is 0 Å². The predicted octanol–water partition coefficient (Wildman–Crippen LogP) is 0.512. The Balaban J connectivity index is 1.82. The molecule has 2 rings (SSSR count). The summed E-state index contributed by atoms with van der Waals surface area (Å²) in [6.07, 6.45) is 10.9. The second kappa shape index (κ2) is 11.3. The van der Waals surface area contributed by atoms with Crippen LogP contribution in [0.25, 0.3) is 5.57 Å². The molecule has 0 fully saturated rings. The topological polar surface area (TPSA) is 160 Å². The Hall–Kier alpha value is -3.65. The molecule has 10 nitrogen and oxygen atoms in total. The number of urea groups is 1. The van der Waals surface area contributed by atoms with Crippen LogP contribution in [0.5, 0.6) is 0 Å². The molecule has 1 aromatic rings. The van der Waals surface area contributed by atoms with E-state index in [0.29, 0.717) is 19.0 Å². The quantitative estimate of drug-likeness (QED) is 0.175. The van der Waals surface area contributed by atoms with Crippen LogP contribution in [0.4, 0.5) is 10.7 Å². The van der Waals surface area contributed by atoms with Crippen LogP contribution in [0.15, 0.2) is 41.3 Å². The van der Waals surface area contributed by atoms with Crippen molar-refractivity contribution >= 4 is 29.4 Å². The average molecular weight is 398 g/mol. The highest BCUT2D eigenvalue weighted by atomic mass is 16.2. The fourth-order valence-corrected chi connectivity index (χ4v) is 2.53. The highest BCUT2D eigenvalue weighted by Crippen LogP contribution is 2.20. The summed E-state index contributed by atoms with van der Waals surface area (Å²) in [4.78, 5) is 34.3. The van der Waals surface area contributed by atoms with E-state index in [4.69, 9.17) is 11.5 Å². The van der Waals surface area contributed by atoms with E-state index in [1.54, 1.807) is 12.4 Å². The molecule has 1 atom stereocenters. The van der Waals surface area contributed by atoms with Crippen LogP contribution in [0.1, 0.15) is 25.3 Å². The molecule has 0 saturated heterocycles. The summed E-state index contributed by atoms with van der Waals surface area (Å²) in [6, 6.07) is -0.585. The van der Waals surface area contributed by atoms with Gasteiger partial charge in [0, 0.05) is 50.4 Å². The van der Waals surface area contributed by atoms with Crippen LogP contribution >= 0.6 is 0 Å². The maximum absolute atomic E-state index is 11.5. The number of guanidine groups is 1.